The van der Waals surface area contributed by atoms with E-state index in [2.05, 4.69) is 5.32 Å². The van der Waals surface area contributed by atoms with Crippen molar-refractivity contribution in [3.05, 3.63) is 23.3 Å². The first-order valence-electron chi connectivity index (χ1n) is 7.65. The number of phenolic OH excluding ortho intramolecular Hbond substituents is 1. The molecule has 1 spiro atoms. The van der Waals surface area contributed by atoms with Crippen LogP contribution in [0, 0.1) is 5.92 Å². The maximum Gasteiger partial charge on any atom is 0.165 e. The average Bonchev–Trinajstić information content (AvgIpc) is 2.78. The van der Waals surface area contributed by atoms with Gasteiger partial charge < -0.3 is 20.3 Å². The lowest BCUT2D eigenvalue weighted by molar-refractivity contribution is -0.0761. The SMILES string of the molecule is Oc1ccc2c3c1O[C@H]1C(O)CC[C@H]4C(C2)NCCC341. The first-order chi connectivity index (χ1) is 9.72. The number of piperidine rings is 1. The number of nitrogens with one attached hydrogen (secondary N) is 1. The summed E-state index contributed by atoms with van der Waals surface area (Å²) in [4.78, 5) is 0. The second-order valence-corrected chi connectivity index (χ2v) is 6.79. The van der Waals surface area contributed by atoms with Crippen LogP contribution in [-0.2, 0) is 11.8 Å². The van der Waals surface area contributed by atoms with Gasteiger partial charge in [-0.15, -0.1) is 0 Å². The fraction of sp³-hybridized carbons (Fsp3) is 0.625. The van der Waals surface area contributed by atoms with Crippen LogP contribution in [0.15, 0.2) is 12.1 Å². The van der Waals surface area contributed by atoms with Crippen LogP contribution in [0.25, 0.3) is 0 Å². The van der Waals surface area contributed by atoms with Crippen LogP contribution in [0.3, 0.4) is 0 Å². The Labute approximate surface area is 117 Å². The topological polar surface area (TPSA) is 61.7 Å². The van der Waals surface area contributed by atoms with Gasteiger partial charge in [0.15, 0.2) is 11.5 Å². The second-order valence-electron chi connectivity index (χ2n) is 6.79. The van der Waals surface area contributed by atoms with E-state index in [4.69, 9.17) is 4.74 Å². The highest BCUT2D eigenvalue weighted by Gasteiger charge is 2.64. The molecule has 0 radical (unpaired) electrons. The molecule has 3 N–H and O–H groups in total. The number of hydrogen-bond donors (Lipinski definition) is 3. The fourth-order valence-corrected chi connectivity index (χ4v) is 5.43. The van der Waals surface area contributed by atoms with E-state index in [1.165, 1.54) is 11.1 Å². The molecule has 5 atom stereocenters. The summed E-state index contributed by atoms with van der Waals surface area (Å²) in [6, 6.07) is 4.27. The van der Waals surface area contributed by atoms with Gasteiger partial charge in [-0.3, -0.25) is 0 Å². The van der Waals surface area contributed by atoms with E-state index in [0.29, 0.717) is 17.7 Å². The van der Waals surface area contributed by atoms with Crippen molar-refractivity contribution in [2.45, 2.75) is 49.3 Å². The van der Waals surface area contributed by atoms with Crippen molar-refractivity contribution in [3.63, 3.8) is 0 Å². The molecule has 2 fully saturated rings. The minimum Gasteiger partial charge on any atom is -0.504 e. The van der Waals surface area contributed by atoms with Gasteiger partial charge in [-0.1, -0.05) is 6.07 Å². The first kappa shape index (κ1) is 11.4. The van der Waals surface area contributed by atoms with Gasteiger partial charge in [-0.2, -0.15) is 0 Å². The van der Waals surface area contributed by atoms with Crippen molar-refractivity contribution in [1.82, 2.24) is 5.32 Å². The van der Waals surface area contributed by atoms with Gasteiger partial charge in [-0.05, 0) is 49.8 Å². The molecule has 3 unspecified atom stereocenters. The number of benzene rings is 1. The largest absolute Gasteiger partial charge is 0.504 e. The molecule has 4 nitrogen and oxygen atoms in total. The maximum atomic E-state index is 10.5. The molecule has 4 aliphatic rings. The molecular weight excluding hydrogens is 254 g/mol. The van der Waals surface area contributed by atoms with E-state index < -0.39 is 6.10 Å². The van der Waals surface area contributed by atoms with Crippen molar-refractivity contribution in [2.24, 2.45) is 5.92 Å². The van der Waals surface area contributed by atoms with Crippen LogP contribution in [0.1, 0.15) is 30.4 Å². The first-order valence-corrected chi connectivity index (χ1v) is 7.65. The Balaban J connectivity index is 1.83. The quantitative estimate of drug-likeness (QED) is 0.662. The lowest BCUT2D eigenvalue weighted by atomic mass is 9.52. The Morgan fingerprint density at radius 2 is 2.20 bits per heavy atom. The predicted molar refractivity (Wildman–Crippen MR) is 73.0 cm³/mol. The highest BCUT2D eigenvalue weighted by atomic mass is 16.5. The van der Waals surface area contributed by atoms with Crippen molar-refractivity contribution in [1.29, 1.82) is 0 Å². The third kappa shape index (κ3) is 1.09. The number of aromatic hydroxyl groups is 1. The summed E-state index contributed by atoms with van der Waals surface area (Å²) >= 11 is 0. The minimum absolute atomic E-state index is 0.0742. The van der Waals surface area contributed by atoms with Crippen molar-refractivity contribution in [3.8, 4) is 11.5 Å². The zero-order chi connectivity index (χ0) is 13.5. The Morgan fingerprint density at radius 1 is 1.30 bits per heavy atom. The average molecular weight is 273 g/mol. The molecular formula is C16H19NO3. The van der Waals surface area contributed by atoms with E-state index in [1.54, 1.807) is 6.07 Å². The molecule has 4 heteroatoms. The van der Waals surface area contributed by atoms with Gasteiger partial charge in [0.2, 0.25) is 0 Å². The lowest BCUT2D eigenvalue weighted by Crippen LogP contribution is -2.66. The Bertz CT molecular complexity index is 602. The second kappa shape index (κ2) is 3.49. The summed E-state index contributed by atoms with van der Waals surface area (Å²) in [5.41, 5.74) is 2.43. The van der Waals surface area contributed by atoms with E-state index in [0.717, 1.165) is 32.2 Å². The summed E-state index contributed by atoms with van der Waals surface area (Å²) in [5, 5.41) is 24.3. The van der Waals surface area contributed by atoms with Crippen LogP contribution < -0.4 is 10.1 Å². The van der Waals surface area contributed by atoms with E-state index in [-0.39, 0.29) is 17.3 Å². The van der Waals surface area contributed by atoms with Gasteiger partial charge in [0.05, 0.1) is 6.10 Å². The Kier molecular flexibility index (Phi) is 1.99. The summed E-state index contributed by atoms with van der Waals surface area (Å²) in [7, 11) is 0. The maximum absolute atomic E-state index is 10.5. The van der Waals surface area contributed by atoms with Crippen LogP contribution >= 0.6 is 0 Å². The monoisotopic (exact) mass is 273 g/mol. The standard InChI is InChI=1S/C16H19NO3/c18-11-3-1-8-7-10-9-2-4-12(19)15-16(9,5-6-17-10)13(8)14(11)20-15/h1,3,9-10,12,15,17-19H,2,4-7H2/t9-,10?,12?,15-,16?/m0/s1. The van der Waals surface area contributed by atoms with Gasteiger partial charge >= 0.3 is 0 Å². The molecule has 5 rings (SSSR count). The number of phenols is 1. The number of hydrogen-bond acceptors (Lipinski definition) is 4. The normalized spacial score (nSPS) is 43.9. The van der Waals surface area contributed by atoms with Crippen LogP contribution in [0.5, 0.6) is 11.5 Å². The molecule has 2 aliphatic heterocycles. The molecule has 106 valence electrons. The van der Waals surface area contributed by atoms with Gasteiger partial charge in [-0.25, -0.2) is 0 Å². The third-order valence-corrected chi connectivity index (χ3v) is 6.10. The molecule has 2 bridgehead atoms. The molecule has 0 aromatic heterocycles. The lowest BCUT2D eigenvalue weighted by Gasteiger charge is -2.56. The van der Waals surface area contributed by atoms with Crippen molar-refractivity contribution >= 4 is 0 Å². The highest BCUT2D eigenvalue weighted by Crippen LogP contribution is 2.62. The zero-order valence-corrected chi connectivity index (χ0v) is 11.3. The molecule has 1 aromatic rings. The van der Waals surface area contributed by atoms with Crippen LogP contribution in [0.2, 0.25) is 0 Å². The summed E-state index contributed by atoms with van der Waals surface area (Å²) < 4.78 is 6.09. The highest BCUT2D eigenvalue weighted by molar-refractivity contribution is 5.60. The molecule has 2 heterocycles. The molecule has 1 aromatic carbocycles. The summed E-state index contributed by atoms with van der Waals surface area (Å²) in [5.74, 6) is 1.41. The van der Waals surface area contributed by atoms with Crippen LogP contribution in [0.4, 0.5) is 0 Å². The molecule has 1 saturated heterocycles. The van der Waals surface area contributed by atoms with Gasteiger partial charge in [0, 0.05) is 17.0 Å². The van der Waals surface area contributed by atoms with Gasteiger partial charge in [0.1, 0.15) is 6.10 Å². The smallest absolute Gasteiger partial charge is 0.165 e. The fourth-order valence-electron chi connectivity index (χ4n) is 5.43. The zero-order valence-electron chi connectivity index (χ0n) is 11.3. The molecule has 1 saturated carbocycles. The van der Waals surface area contributed by atoms with Crippen molar-refractivity contribution in [2.75, 3.05) is 6.54 Å². The number of aliphatic hydroxyl groups is 1. The predicted octanol–water partition coefficient (Wildman–Crippen LogP) is 1.08. The summed E-state index contributed by atoms with van der Waals surface area (Å²) in [6.07, 6.45) is 3.28. The number of aliphatic hydroxyl groups excluding tert-OH is 1. The number of rotatable bonds is 0. The van der Waals surface area contributed by atoms with Crippen molar-refractivity contribution < 1.29 is 14.9 Å². The Hall–Kier alpha value is -1.26. The molecule has 20 heavy (non-hydrogen) atoms. The van der Waals surface area contributed by atoms with E-state index >= 15 is 0 Å². The Morgan fingerprint density at radius 3 is 3.10 bits per heavy atom. The van der Waals surface area contributed by atoms with E-state index in [9.17, 15) is 10.2 Å². The van der Waals surface area contributed by atoms with Crippen LogP contribution in [-0.4, -0.2) is 35.0 Å². The van der Waals surface area contributed by atoms with E-state index in [1.807, 2.05) is 6.07 Å². The minimum atomic E-state index is -0.414. The molecule has 0 amide bonds. The molecule has 2 aliphatic carbocycles. The van der Waals surface area contributed by atoms with Gasteiger partial charge in [0.25, 0.3) is 0 Å². The third-order valence-electron chi connectivity index (χ3n) is 6.10. The summed E-state index contributed by atoms with van der Waals surface area (Å²) in [6.45, 7) is 0.974. The number of ether oxygens (including phenoxy) is 1.